The van der Waals surface area contributed by atoms with Crippen molar-refractivity contribution in [1.29, 1.82) is 0 Å². The second kappa shape index (κ2) is 11.2. The first-order valence-electron chi connectivity index (χ1n) is 10.2. The van der Waals surface area contributed by atoms with Crippen molar-refractivity contribution in [3.8, 4) is 11.1 Å². The molecular weight excluding hydrogens is 414 g/mol. The van der Waals surface area contributed by atoms with Crippen molar-refractivity contribution in [2.24, 2.45) is 0 Å². The zero-order valence-corrected chi connectivity index (χ0v) is 19.5. The third-order valence-corrected chi connectivity index (χ3v) is 6.35. The molecule has 0 saturated heterocycles. The molecule has 2 aromatic rings. The van der Waals surface area contributed by atoms with Gasteiger partial charge in [-0.3, -0.25) is 4.72 Å². The Labute approximate surface area is 186 Å². The second-order valence-corrected chi connectivity index (χ2v) is 9.37. The molecule has 0 saturated carbocycles. The molecule has 0 fully saturated rings. The molecule has 0 amide bonds. The minimum absolute atomic E-state index is 0.230. The molecule has 0 spiro atoms. The Morgan fingerprint density at radius 2 is 1.70 bits per heavy atom. The standard InChI is InChI=1S/C25H30ClNO2S/c1-5-8-20(9-6-2)18-23(10-7-3)27-30(28,29)24-15-16-25(19(4)17-24)21-11-13-22(26)14-12-21/h7,10-18,27H,3,5-6,8-9H2,1-2,4H3/b23-10+. The molecule has 5 heteroatoms. The average Bonchev–Trinajstić information content (AvgIpc) is 2.69. The molecule has 2 rings (SSSR count). The number of benzene rings is 2. The highest BCUT2D eigenvalue weighted by Gasteiger charge is 2.16. The molecule has 0 heterocycles. The first-order chi connectivity index (χ1) is 14.3. The van der Waals surface area contributed by atoms with Crippen molar-refractivity contribution < 1.29 is 8.42 Å². The van der Waals surface area contributed by atoms with Crippen molar-refractivity contribution in [3.63, 3.8) is 0 Å². The van der Waals surface area contributed by atoms with Gasteiger partial charge in [0.25, 0.3) is 10.0 Å². The molecule has 160 valence electrons. The maximum atomic E-state index is 13.0. The molecule has 0 aliphatic carbocycles. The van der Waals surface area contributed by atoms with E-state index in [9.17, 15) is 8.42 Å². The second-order valence-electron chi connectivity index (χ2n) is 7.25. The fourth-order valence-electron chi connectivity index (χ4n) is 3.34. The summed E-state index contributed by atoms with van der Waals surface area (Å²) in [6, 6.07) is 12.7. The number of allylic oxidation sites excluding steroid dienone is 4. The smallest absolute Gasteiger partial charge is 0.261 e. The Morgan fingerprint density at radius 1 is 1.07 bits per heavy atom. The molecule has 30 heavy (non-hydrogen) atoms. The first-order valence-corrected chi connectivity index (χ1v) is 12.1. The molecule has 0 aromatic heterocycles. The molecule has 0 aliphatic rings. The maximum absolute atomic E-state index is 13.0. The van der Waals surface area contributed by atoms with Gasteiger partial charge in [0.15, 0.2) is 0 Å². The monoisotopic (exact) mass is 443 g/mol. The maximum Gasteiger partial charge on any atom is 0.261 e. The highest BCUT2D eigenvalue weighted by Crippen LogP contribution is 2.27. The summed E-state index contributed by atoms with van der Waals surface area (Å²) in [5, 5.41) is 0.667. The van der Waals surface area contributed by atoms with E-state index in [1.54, 1.807) is 24.3 Å². The lowest BCUT2D eigenvalue weighted by atomic mass is 10.0. The van der Waals surface area contributed by atoms with E-state index in [4.69, 9.17) is 11.6 Å². The van der Waals surface area contributed by atoms with Gasteiger partial charge in [-0.05, 0) is 72.9 Å². The molecule has 0 bridgehead atoms. The summed E-state index contributed by atoms with van der Waals surface area (Å²) in [4.78, 5) is 0.230. The number of nitrogens with one attached hydrogen (secondary N) is 1. The van der Waals surface area contributed by atoms with Gasteiger partial charge in [0.1, 0.15) is 0 Å². The molecule has 0 unspecified atom stereocenters. The van der Waals surface area contributed by atoms with Crippen LogP contribution >= 0.6 is 11.6 Å². The topological polar surface area (TPSA) is 46.2 Å². The molecule has 2 aromatic carbocycles. The summed E-state index contributed by atoms with van der Waals surface area (Å²) in [5.74, 6) is 0. The van der Waals surface area contributed by atoms with Crippen molar-refractivity contribution in [2.75, 3.05) is 0 Å². The largest absolute Gasteiger partial charge is 0.280 e. The normalized spacial score (nSPS) is 11.8. The quantitative estimate of drug-likeness (QED) is 0.395. The summed E-state index contributed by atoms with van der Waals surface area (Å²) in [6.45, 7) is 9.87. The van der Waals surface area contributed by atoms with Crippen molar-refractivity contribution in [2.45, 2.75) is 51.3 Å². The summed E-state index contributed by atoms with van der Waals surface area (Å²) in [6.07, 6.45) is 9.15. The summed E-state index contributed by atoms with van der Waals surface area (Å²) in [7, 11) is -3.72. The van der Waals surface area contributed by atoms with Gasteiger partial charge in [-0.2, -0.15) is 0 Å². The highest BCUT2D eigenvalue weighted by molar-refractivity contribution is 7.89. The fourth-order valence-corrected chi connectivity index (χ4v) is 4.60. The van der Waals surface area contributed by atoms with E-state index in [1.807, 2.05) is 43.3 Å². The minimum atomic E-state index is -3.72. The van der Waals surface area contributed by atoms with Gasteiger partial charge in [-0.1, -0.05) is 74.7 Å². The first kappa shape index (κ1) is 24.0. The zero-order chi connectivity index (χ0) is 22.1. The Morgan fingerprint density at radius 3 is 2.23 bits per heavy atom. The third-order valence-electron chi connectivity index (χ3n) is 4.71. The Kier molecular flexibility index (Phi) is 8.94. The Balaban J connectivity index is 2.34. The van der Waals surface area contributed by atoms with Crippen LogP contribution < -0.4 is 4.72 Å². The van der Waals surface area contributed by atoms with Gasteiger partial charge in [0, 0.05) is 10.7 Å². The average molecular weight is 444 g/mol. The van der Waals surface area contributed by atoms with E-state index in [0.717, 1.165) is 42.4 Å². The zero-order valence-electron chi connectivity index (χ0n) is 17.9. The van der Waals surface area contributed by atoms with Gasteiger partial charge in [-0.25, -0.2) is 8.42 Å². The van der Waals surface area contributed by atoms with Gasteiger partial charge in [-0.15, -0.1) is 0 Å². The third kappa shape index (κ3) is 6.61. The van der Waals surface area contributed by atoms with Gasteiger partial charge < -0.3 is 0 Å². The Bertz CT molecular complexity index is 1030. The fraction of sp³-hybridized carbons (Fsp3) is 0.280. The van der Waals surface area contributed by atoms with Crippen LogP contribution in [0.25, 0.3) is 11.1 Å². The molecule has 0 radical (unpaired) electrons. The lowest BCUT2D eigenvalue weighted by molar-refractivity contribution is 0.589. The van der Waals surface area contributed by atoms with E-state index < -0.39 is 10.0 Å². The molecule has 0 atom stereocenters. The molecule has 0 aliphatic heterocycles. The van der Waals surface area contributed by atoms with Crippen LogP contribution in [0.1, 0.15) is 45.1 Å². The van der Waals surface area contributed by atoms with Crippen molar-refractivity contribution >= 4 is 21.6 Å². The van der Waals surface area contributed by atoms with Gasteiger partial charge in [0.2, 0.25) is 0 Å². The van der Waals surface area contributed by atoms with Crippen LogP contribution in [-0.2, 0) is 10.0 Å². The minimum Gasteiger partial charge on any atom is -0.280 e. The van der Waals surface area contributed by atoms with Crippen LogP contribution in [0.3, 0.4) is 0 Å². The van der Waals surface area contributed by atoms with E-state index in [1.165, 1.54) is 5.57 Å². The molecule has 3 nitrogen and oxygen atoms in total. The van der Waals surface area contributed by atoms with E-state index >= 15 is 0 Å². The number of hydrogen-bond donors (Lipinski definition) is 1. The van der Waals surface area contributed by atoms with Gasteiger partial charge >= 0.3 is 0 Å². The lowest BCUT2D eigenvalue weighted by Crippen LogP contribution is -2.22. The molecule has 1 N–H and O–H groups in total. The number of aryl methyl sites for hydroxylation is 1. The van der Waals surface area contributed by atoms with Gasteiger partial charge in [0.05, 0.1) is 4.90 Å². The van der Waals surface area contributed by atoms with Crippen LogP contribution in [0.2, 0.25) is 5.02 Å². The Hall–Kier alpha value is -2.30. The van der Waals surface area contributed by atoms with E-state index in [0.29, 0.717) is 10.7 Å². The summed E-state index contributed by atoms with van der Waals surface area (Å²) < 4.78 is 28.8. The number of sulfonamides is 1. The van der Waals surface area contributed by atoms with Crippen molar-refractivity contribution in [1.82, 2.24) is 4.72 Å². The van der Waals surface area contributed by atoms with Crippen LogP contribution in [0.5, 0.6) is 0 Å². The SMILES string of the molecule is C=C/C=C(\C=C(CCC)CCC)NS(=O)(=O)c1ccc(-c2ccc(Cl)cc2)c(C)c1. The van der Waals surface area contributed by atoms with Crippen LogP contribution in [0, 0.1) is 6.92 Å². The molecular formula is C25H30ClNO2S. The van der Waals surface area contributed by atoms with E-state index in [-0.39, 0.29) is 4.90 Å². The summed E-state index contributed by atoms with van der Waals surface area (Å²) in [5.41, 5.74) is 4.60. The number of halogens is 1. The lowest BCUT2D eigenvalue weighted by Gasteiger charge is -2.13. The predicted octanol–water partition coefficient (Wildman–Crippen LogP) is 7.19. The number of rotatable bonds is 10. The van der Waals surface area contributed by atoms with Crippen LogP contribution in [0.4, 0.5) is 0 Å². The van der Waals surface area contributed by atoms with E-state index in [2.05, 4.69) is 25.1 Å². The highest BCUT2D eigenvalue weighted by atomic mass is 35.5. The number of hydrogen-bond acceptors (Lipinski definition) is 2. The van der Waals surface area contributed by atoms with Crippen LogP contribution in [0.15, 0.2) is 83.4 Å². The summed E-state index contributed by atoms with van der Waals surface area (Å²) >= 11 is 5.97. The van der Waals surface area contributed by atoms with Crippen molar-refractivity contribution in [3.05, 3.63) is 89.1 Å². The van der Waals surface area contributed by atoms with Crippen LogP contribution in [-0.4, -0.2) is 8.42 Å². The predicted molar refractivity (Wildman–Crippen MR) is 128 cm³/mol.